The van der Waals surface area contributed by atoms with E-state index in [1.165, 1.54) is 0 Å². The molecule has 0 spiro atoms. The predicted octanol–water partition coefficient (Wildman–Crippen LogP) is 3.01. The number of nitrogens with zero attached hydrogens (tertiary/aromatic N) is 2. The van der Waals surface area contributed by atoms with E-state index < -0.39 is 5.97 Å². The third-order valence-electron chi connectivity index (χ3n) is 4.05. The van der Waals surface area contributed by atoms with Gasteiger partial charge < -0.3 is 15.3 Å². The second kappa shape index (κ2) is 9.56. The number of aromatic nitrogens is 1. The quantitative estimate of drug-likeness (QED) is 0.762. The zero-order valence-electron chi connectivity index (χ0n) is 15.2. The maximum Gasteiger partial charge on any atom is 0.317 e. The van der Waals surface area contributed by atoms with E-state index in [2.05, 4.69) is 10.3 Å². The number of aryl methyl sites for hydroxylation is 1. The lowest BCUT2D eigenvalue weighted by Gasteiger charge is -2.23. The fourth-order valence-corrected chi connectivity index (χ4v) is 2.71. The van der Waals surface area contributed by atoms with Crippen molar-refractivity contribution >= 4 is 12.0 Å². The summed E-state index contributed by atoms with van der Waals surface area (Å²) in [6.45, 7) is 2.30. The Balaban J connectivity index is 1.98. The standard InChI is InChI=1S/C20H25N3O3/c1-15-7-6-10-18(21-15)14-23(2)20(26)22-17(11-12-19(24)25)13-16-8-4-3-5-9-16/h3-10,17H,11-14H2,1-2H3,(H,22,26)(H,24,25). The first-order valence-electron chi connectivity index (χ1n) is 8.64. The van der Waals surface area contributed by atoms with Crippen molar-refractivity contribution in [1.29, 1.82) is 0 Å². The molecule has 2 N–H and O–H groups in total. The topological polar surface area (TPSA) is 82.5 Å². The van der Waals surface area contributed by atoms with E-state index in [0.29, 0.717) is 19.4 Å². The number of carboxylic acids is 1. The van der Waals surface area contributed by atoms with Crippen LogP contribution in [0.3, 0.4) is 0 Å². The Morgan fingerprint density at radius 2 is 1.88 bits per heavy atom. The van der Waals surface area contributed by atoms with Crippen molar-refractivity contribution < 1.29 is 14.7 Å². The highest BCUT2D eigenvalue weighted by atomic mass is 16.4. The highest BCUT2D eigenvalue weighted by molar-refractivity contribution is 5.74. The largest absolute Gasteiger partial charge is 0.481 e. The van der Waals surface area contributed by atoms with Crippen LogP contribution < -0.4 is 5.32 Å². The molecule has 1 unspecified atom stereocenters. The van der Waals surface area contributed by atoms with E-state index in [-0.39, 0.29) is 18.5 Å². The monoisotopic (exact) mass is 355 g/mol. The lowest BCUT2D eigenvalue weighted by molar-refractivity contribution is -0.137. The number of hydrogen-bond acceptors (Lipinski definition) is 3. The molecule has 2 aromatic rings. The Kier molecular flexibility index (Phi) is 7.14. The first kappa shape index (κ1) is 19.4. The van der Waals surface area contributed by atoms with Crippen molar-refractivity contribution in [3.05, 3.63) is 65.5 Å². The first-order chi connectivity index (χ1) is 12.4. The third-order valence-corrected chi connectivity index (χ3v) is 4.05. The molecule has 1 heterocycles. The van der Waals surface area contributed by atoms with Gasteiger partial charge >= 0.3 is 12.0 Å². The van der Waals surface area contributed by atoms with Crippen molar-refractivity contribution in [2.24, 2.45) is 0 Å². The molecule has 0 bridgehead atoms. The summed E-state index contributed by atoms with van der Waals surface area (Å²) in [4.78, 5) is 29.4. The molecule has 138 valence electrons. The van der Waals surface area contributed by atoms with Crippen LogP contribution in [0, 0.1) is 6.92 Å². The summed E-state index contributed by atoms with van der Waals surface area (Å²) in [6.07, 6.45) is 0.990. The second-order valence-corrected chi connectivity index (χ2v) is 6.39. The molecule has 1 atom stereocenters. The van der Waals surface area contributed by atoms with Crippen LogP contribution in [0.15, 0.2) is 48.5 Å². The van der Waals surface area contributed by atoms with Crippen molar-refractivity contribution in [2.75, 3.05) is 7.05 Å². The number of rotatable bonds is 8. The number of carbonyl (C=O) groups is 2. The summed E-state index contributed by atoms with van der Waals surface area (Å²) in [5, 5.41) is 11.9. The first-order valence-corrected chi connectivity index (χ1v) is 8.64. The normalized spacial score (nSPS) is 11.6. The van der Waals surface area contributed by atoms with E-state index in [4.69, 9.17) is 5.11 Å². The molecule has 2 amide bonds. The molecule has 1 aromatic carbocycles. The molecule has 0 saturated heterocycles. The van der Waals surface area contributed by atoms with E-state index in [0.717, 1.165) is 17.0 Å². The van der Waals surface area contributed by atoms with Crippen LogP contribution in [-0.4, -0.2) is 40.1 Å². The van der Waals surface area contributed by atoms with E-state index in [9.17, 15) is 9.59 Å². The summed E-state index contributed by atoms with van der Waals surface area (Å²) in [5.41, 5.74) is 2.78. The summed E-state index contributed by atoms with van der Waals surface area (Å²) in [5.74, 6) is -0.866. The van der Waals surface area contributed by atoms with E-state index in [1.807, 2.05) is 55.5 Å². The van der Waals surface area contributed by atoms with Gasteiger partial charge in [0.2, 0.25) is 0 Å². The van der Waals surface area contributed by atoms with Crippen LogP contribution in [-0.2, 0) is 17.8 Å². The lowest BCUT2D eigenvalue weighted by atomic mass is 10.0. The van der Waals surface area contributed by atoms with Gasteiger partial charge in [-0.2, -0.15) is 0 Å². The number of carboxylic acid groups (broad SMARTS) is 1. The van der Waals surface area contributed by atoms with Gasteiger partial charge in [-0.1, -0.05) is 36.4 Å². The molecule has 6 nitrogen and oxygen atoms in total. The summed E-state index contributed by atoms with van der Waals surface area (Å²) < 4.78 is 0. The molecular formula is C20H25N3O3. The molecule has 0 saturated carbocycles. The summed E-state index contributed by atoms with van der Waals surface area (Å²) >= 11 is 0. The highest BCUT2D eigenvalue weighted by Gasteiger charge is 2.17. The molecule has 0 aliphatic carbocycles. The number of nitrogens with one attached hydrogen (secondary N) is 1. The van der Waals surface area contributed by atoms with Crippen LogP contribution in [0.25, 0.3) is 0 Å². The van der Waals surface area contributed by atoms with Crippen LogP contribution in [0.5, 0.6) is 0 Å². The minimum atomic E-state index is -0.866. The minimum absolute atomic E-state index is 0.0148. The molecular weight excluding hydrogens is 330 g/mol. The molecule has 0 radical (unpaired) electrons. The number of benzene rings is 1. The zero-order valence-corrected chi connectivity index (χ0v) is 15.2. The molecule has 0 fully saturated rings. The lowest BCUT2D eigenvalue weighted by Crippen LogP contribution is -2.44. The SMILES string of the molecule is Cc1cccc(CN(C)C(=O)NC(CCC(=O)O)Cc2ccccc2)n1. The zero-order chi connectivity index (χ0) is 18.9. The number of aliphatic carboxylic acids is 1. The van der Waals surface area contributed by atoms with Crippen LogP contribution >= 0.6 is 0 Å². The molecule has 6 heteroatoms. The maximum atomic E-state index is 12.5. The molecule has 2 rings (SSSR count). The average Bonchev–Trinajstić information content (AvgIpc) is 2.60. The van der Waals surface area contributed by atoms with Gasteiger partial charge in [-0.3, -0.25) is 9.78 Å². The Morgan fingerprint density at radius 1 is 1.15 bits per heavy atom. The Morgan fingerprint density at radius 3 is 2.54 bits per heavy atom. The van der Waals surface area contributed by atoms with Gasteiger partial charge in [-0.25, -0.2) is 4.79 Å². The highest BCUT2D eigenvalue weighted by Crippen LogP contribution is 2.09. The molecule has 1 aromatic heterocycles. The van der Waals surface area contributed by atoms with Gasteiger partial charge in [-0.15, -0.1) is 0 Å². The number of carbonyl (C=O) groups excluding carboxylic acids is 1. The maximum absolute atomic E-state index is 12.5. The average molecular weight is 355 g/mol. The smallest absolute Gasteiger partial charge is 0.317 e. The summed E-state index contributed by atoms with van der Waals surface area (Å²) in [6, 6.07) is 15.0. The molecule has 26 heavy (non-hydrogen) atoms. The Hall–Kier alpha value is -2.89. The number of pyridine rings is 1. The van der Waals surface area contributed by atoms with Gasteiger partial charge in [0.15, 0.2) is 0 Å². The molecule has 0 aliphatic heterocycles. The number of hydrogen-bond donors (Lipinski definition) is 2. The van der Waals surface area contributed by atoms with E-state index in [1.54, 1.807) is 11.9 Å². The second-order valence-electron chi connectivity index (χ2n) is 6.39. The Labute approximate surface area is 153 Å². The number of amides is 2. The van der Waals surface area contributed by atoms with Gasteiger partial charge in [-0.05, 0) is 37.5 Å². The predicted molar refractivity (Wildman–Crippen MR) is 99.8 cm³/mol. The fraction of sp³-hybridized carbons (Fsp3) is 0.350. The minimum Gasteiger partial charge on any atom is -0.481 e. The summed E-state index contributed by atoms with van der Waals surface area (Å²) in [7, 11) is 1.70. The van der Waals surface area contributed by atoms with Crippen molar-refractivity contribution in [3.8, 4) is 0 Å². The van der Waals surface area contributed by atoms with Gasteiger partial charge in [0.05, 0.1) is 12.2 Å². The van der Waals surface area contributed by atoms with Gasteiger partial charge in [0.1, 0.15) is 0 Å². The fourth-order valence-electron chi connectivity index (χ4n) is 2.71. The molecule has 0 aliphatic rings. The number of urea groups is 1. The van der Waals surface area contributed by atoms with Crippen molar-refractivity contribution in [1.82, 2.24) is 15.2 Å². The van der Waals surface area contributed by atoms with Gasteiger partial charge in [0, 0.05) is 25.2 Å². The van der Waals surface area contributed by atoms with E-state index >= 15 is 0 Å². The van der Waals surface area contributed by atoms with Crippen LogP contribution in [0.4, 0.5) is 4.79 Å². The Bertz CT molecular complexity index is 734. The van der Waals surface area contributed by atoms with Crippen LogP contribution in [0.2, 0.25) is 0 Å². The third kappa shape index (κ3) is 6.55. The van der Waals surface area contributed by atoms with Gasteiger partial charge in [0.25, 0.3) is 0 Å². The van der Waals surface area contributed by atoms with Crippen LogP contribution in [0.1, 0.15) is 29.8 Å². The van der Waals surface area contributed by atoms with Crippen molar-refractivity contribution in [2.45, 2.75) is 38.8 Å². The van der Waals surface area contributed by atoms with Crippen molar-refractivity contribution in [3.63, 3.8) is 0 Å².